The van der Waals surface area contributed by atoms with Crippen molar-refractivity contribution in [2.24, 2.45) is 5.92 Å². The van der Waals surface area contributed by atoms with E-state index in [4.69, 9.17) is 0 Å². The molecule has 2 fully saturated rings. The Labute approximate surface area is 124 Å². The summed E-state index contributed by atoms with van der Waals surface area (Å²) in [4.78, 5) is 16.3. The largest absolute Gasteiger partial charge is 0.343 e. The summed E-state index contributed by atoms with van der Waals surface area (Å²) >= 11 is 1.67. The van der Waals surface area contributed by atoms with Crippen molar-refractivity contribution >= 4 is 22.4 Å². The standard InChI is InChI=1S/C14H22N4OS/c1-14(2,3)12-15-16-13(20-12)18-8-6-17(7-9-18)11(19)10-4-5-10/h10H,4-9H2,1-3H3. The fourth-order valence-corrected chi connectivity index (χ4v) is 3.31. The molecule has 2 heterocycles. The summed E-state index contributed by atoms with van der Waals surface area (Å²) in [5.74, 6) is 0.688. The zero-order valence-corrected chi connectivity index (χ0v) is 13.2. The molecule has 1 aromatic heterocycles. The summed E-state index contributed by atoms with van der Waals surface area (Å²) in [5.41, 5.74) is 0.0552. The molecule has 0 spiro atoms. The van der Waals surface area contributed by atoms with Crippen molar-refractivity contribution in [3.8, 4) is 0 Å². The molecule has 0 N–H and O–H groups in total. The summed E-state index contributed by atoms with van der Waals surface area (Å²) < 4.78 is 0. The van der Waals surface area contributed by atoms with Crippen LogP contribution in [0.15, 0.2) is 0 Å². The minimum absolute atomic E-state index is 0.0552. The number of piperazine rings is 1. The molecule has 0 atom stereocenters. The fourth-order valence-electron chi connectivity index (χ4n) is 2.35. The Hall–Kier alpha value is -1.17. The Morgan fingerprint density at radius 2 is 1.80 bits per heavy atom. The third-order valence-corrected chi connectivity index (χ3v) is 5.25. The van der Waals surface area contributed by atoms with Crippen LogP contribution in [-0.4, -0.2) is 47.2 Å². The molecule has 1 aliphatic heterocycles. The Morgan fingerprint density at radius 1 is 1.15 bits per heavy atom. The van der Waals surface area contributed by atoms with E-state index in [9.17, 15) is 4.79 Å². The van der Waals surface area contributed by atoms with Gasteiger partial charge in [0, 0.05) is 37.5 Å². The second-order valence-electron chi connectivity index (χ2n) is 6.73. The van der Waals surface area contributed by atoms with Gasteiger partial charge < -0.3 is 9.80 Å². The first-order valence-electron chi connectivity index (χ1n) is 7.33. The van der Waals surface area contributed by atoms with Crippen LogP contribution >= 0.6 is 11.3 Å². The molecule has 6 heteroatoms. The van der Waals surface area contributed by atoms with Gasteiger partial charge in [0.25, 0.3) is 0 Å². The van der Waals surface area contributed by atoms with E-state index in [-0.39, 0.29) is 5.41 Å². The molecule has 0 radical (unpaired) electrons. The highest BCUT2D eigenvalue weighted by Gasteiger charge is 2.35. The Kier molecular flexibility index (Phi) is 3.44. The van der Waals surface area contributed by atoms with Crippen LogP contribution in [0.25, 0.3) is 0 Å². The van der Waals surface area contributed by atoms with E-state index in [0.29, 0.717) is 11.8 Å². The fraction of sp³-hybridized carbons (Fsp3) is 0.786. The lowest BCUT2D eigenvalue weighted by atomic mass is 9.98. The van der Waals surface area contributed by atoms with Crippen LogP contribution in [0.5, 0.6) is 0 Å². The number of hydrogen-bond acceptors (Lipinski definition) is 5. The molecule has 3 rings (SSSR count). The lowest BCUT2D eigenvalue weighted by Gasteiger charge is -2.34. The van der Waals surface area contributed by atoms with Gasteiger partial charge in [0.15, 0.2) is 0 Å². The molecule has 5 nitrogen and oxygen atoms in total. The molecule has 0 bridgehead atoms. The van der Waals surface area contributed by atoms with Crippen LogP contribution in [0.4, 0.5) is 5.13 Å². The Bertz CT molecular complexity index is 496. The average Bonchev–Trinajstić information content (AvgIpc) is 3.13. The molecular formula is C14H22N4OS. The number of aromatic nitrogens is 2. The molecule has 1 aliphatic carbocycles. The van der Waals surface area contributed by atoms with Crippen molar-refractivity contribution in [3.05, 3.63) is 5.01 Å². The highest BCUT2D eigenvalue weighted by Crippen LogP contribution is 2.32. The van der Waals surface area contributed by atoms with Crippen molar-refractivity contribution < 1.29 is 4.79 Å². The maximum Gasteiger partial charge on any atom is 0.225 e. The van der Waals surface area contributed by atoms with Gasteiger partial charge >= 0.3 is 0 Å². The topological polar surface area (TPSA) is 49.3 Å². The maximum atomic E-state index is 12.0. The van der Waals surface area contributed by atoms with Crippen LogP contribution in [0.3, 0.4) is 0 Å². The molecule has 0 unspecified atom stereocenters. The van der Waals surface area contributed by atoms with Crippen molar-refractivity contribution in [1.29, 1.82) is 0 Å². The van der Waals surface area contributed by atoms with Gasteiger partial charge in [-0.05, 0) is 12.8 Å². The van der Waals surface area contributed by atoms with E-state index in [1.54, 1.807) is 11.3 Å². The van der Waals surface area contributed by atoms with E-state index < -0.39 is 0 Å². The van der Waals surface area contributed by atoms with Crippen LogP contribution in [0.1, 0.15) is 38.6 Å². The van der Waals surface area contributed by atoms with Crippen LogP contribution in [0, 0.1) is 5.92 Å². The highest BCUT2D eigenvalue weighted by atomic mass is 32.1. The van der Waals surface area contributed by atoms with E-state index in [2.05, 4.69) is 35.9 Å². The number of carbonyl (C=O) groups excluding carboxylic acids is 1. The van der Waals surface area contributed by atoms with Gasteiger partial charge in [0.1, 0.15) is 5.01 Å². The monoisotopic (exact) mass is 294 g/mol. The van der Waals surface area contributed by atoms with E-state index >= 15 is 0 Å². The predicted octanol–water partition coefficient (Wildman–Crippen LogP) is 1.89. The first-order valence-corrected chi connectivity index (χ1v) is 8.14. The number of anilines is 1. The highest BCUT2D eigenvalue weighted by molar-refractivity contribution is 7.15. The van der Waals surface area contributed by atoms with Gasteiger partial charge in [0.2, 0.25) is 11.0 Å². The SMILES string of the molecule is CC(C)(C)c1nnc(N2CCN(C(=O)C3CC3)CC2)s1. The van der Waals surface area contributed by atoms with E-state index in [0.717, 1.165) is 49.2 Å². The Balaban J connectivity index is 1.60. The van der Waals surface area contributed by atoms with Crippen molar-refractivity contribution in [3.63, 3.8) is 0 Å². The molecule has 110 valence electrons. The molecule has 1 amide bonds. The van der Waals surface area contributed by atoms with Crippen molar-refractivity contribution in [2.45, 2.75) is 39.0 Å². The summed E-state index contributed by atoms with van der Waals surface area (Å²) in [5, 5.41) is 10.7. The van der Waals surface area contributed by atoms with Gasteiger partial charge in [-0.2, -0.15) is 0 Å². The Morgan fingerprint density at radius 3 is 2.30 bits per heavy atom. The smallest absolute Gasteiger partial charge is 0.225 e. The molecular weight excluding hydrogens is 272 g/mol. The summed E-state index contributed by atoms with van der Waals surface area (Å²) in [6, 6.07) is 0. The number of nitrogens with zero attached hydrogens (tertiary/aromatic N) is 4. The lowest BCUT2D eigenvalue weighted by molar-refractivity contribution is -0.132. The number of hydrogen-bond donors (Lipinski definition) is 0. The predicted molar refractivity (Wildman–Crippen MR) is 80.1 cm³/mol. The second kappa shape index (κ2) is 4.98. The van der Waals surface area contributed by atoms with Gasteiger partial charge in [-0.25, -0.2) is 0 Å². The van der Waals surface area contributed by atoms with Crippen LogP contribution in [0.2, 0.25) is 0 Å². The second-order valence-corrected chi connectivity index (χ2v) is 7.68. The van der Waals surface area contributed by atoms with Gasteiger partial charge in [-0.1, -0.05) is 32.1 Å². The summed E-state index contributed by atoms with van der Waals surface area (Å²) in [6.07, 6.45) is 2.18. The minimum atomic E-state index is 0.0552. The maximum absolute atomic E-state index is 12.0. The molecule has 1 saturated carbocycles. The zero-order valence-electron chi connectivity index (χ0n) is 12.4. The van der Waals surface area contributed by atoms with E-state index in [1.807, 2.05) is 4.90 Å². The first kappa shape index (κ1) is 13.8. The molecule has 2 aliphatic rings. The third kappa shape index (κ3) is 2.80. The molecule has 0 aromatic carbocycles. The lowest BCUT2D eigenvalue weighted by Crippen LogP contribution is -2.49. The van der Waals surface area contributed by atoms with Crippen LogP contribution < -0.4 is 4.90 Å². The number of amides is 1. The van der Waals surface area contributed by atoms with Crippen molar-refractivity contribution in [1.82, 2.24) is 15.1 Å². The summed E-state index contributed by atoms with van der Waals surface area (Å²) in [6.45, 7) is 9.85. The summed E-state index contributed by atoms with van der Waals surface area (Å²) in [7, 11) is 0. The zero-order chi connectivity index (χ0) is 14.3. The van der Waals surface area contributed by atoms with Crippen LogP contribution in [-0.2, 0) is 10.2 Å². The third-order valence-electron chi connectivity index (χ3n) is 3.84. The average molecular weight is 294 g/mol. The number of rotatable bonds is 2. The quantitative estimate of drug-likeness (QED) is 0.836. The first-order chi connectivity index (χ1) is 9.45. The van der Waals surface area contributed by atoms with Gasteiger partial charge in [0.05, 0.1) is 0 Å². The normalized spacial score (nSPS) is 20.4. The molecule has 20 heavy (non-hydrogen) atoms. The van der Waals surface area contributed by atoms with Crippen molar-refractivity contribution in [2.75, 3.05) is 31.1 Å². The van der Waals surface area contributed by atoms with E-state index in [1.165, 1.54) is 0 Å². The van der Waals surface area contributed by atoms with Gasteiger partial charge in [-0.3, -0.25) is 4.79 Å². The molecule has 1 aromatic rings. The van der Waals surface area contributed by atoms with Gasteiger partial charge in [-0.15, -0.1) is 10.2 Å². The number of carbonyl (C=O) groups is 1. The molecule has 1 saturated heterocycles. The minimum Gasteiger partial charge on any atom is -0.343 e.